The average molecular weight is 123 g/mol. The zero-order chi connectivity index (χ0) is 7.11. The number of hydrogen-bond acceptors (Lipinski definition) is 0. The van der Waals surface area contributed by atoms with Gasteiger partial charge in [-0.3, -0.25) is 0 Å². The SMILES string of the molecule is C=CCN(C=[N])CC=C. The van der Waals surface area contributed by atoms with E-state index in [0.29, 0.717) is 13.1 Å². The van der Waals surface area contributed by atoms with Crippen LogP contribution in [0, 0.1) is 0 Å². The molecule has 0 heterocycles. The van der Waals surface area contributed by atoms with E-state index in [-0.39, 0.29) is 0 Å². The van der Waals surface area contributed by atoms with E-state index in [1.54, 1.807) is 17.1 Å². The first-order valence-corrected chi connectivity index (χ1v) is 2.78. The third-order valence-electron chi connectivity index (χ3n) is 0.891. The van der Waals surface area contributed by atoms with Crippen LogP contribution in [0.15, 0.2) is 25.3 Å². The summed E-state index contributed by atoms with van der Waals surface area (Å²) < 4.78 is 0. The van der Waals surface area contributed by atoms with E-state index in [0.717, 1.165) is 6.34 Å². The maximum absolute atomic E-state index is 8.49. The monoisotopic (exact) mass is 123 g/mol. The number of rotatable bonds is 5. The Kier molecular flexibility index (Phi) is 4.50. The van der Waals surface area contributed by atoms with Crippen LogP contribution < -0.4 is 5.41 Å². The molecule has 0 fully saturated rings. The fraction of sp³-hybridized carbons (Fsp3) is 0.286. The molecule has 0 aliphatic carbocycles. The van der Waals surface area contributed by atoms with Crippen molar-refractivity contribution in [1.29, 1.82) is 0 Å². The first kappa shape index (κ1) is 7.95. The fourth-order valence-electron chi connectivity index (χ4n) is 0.500. The molecule has 0 aromatic rings. The molecule has 1 radical (unpaired) electrons. The van der Waals surface area contributed by atoms with E-state index in [2.05, 4.69) is 13.2 Å². The van der Waals surface area contributed by atoms with E-state index >= 15 is 0 Å². The molecule has 0 saturated carbocycles. The minimum atomic E-state index is 0.655. The lowest BCUT2D eigenvalue weighted by Crippen LogP contribution is -2.21. The van der Waals surface area contributed by atoms with E-state index in [1.165, 1.54) is 0 Å². The van der Waals surface area contributed by atoms with Crippen molar-refractivity contribution in [2.45, 2.75) is 0 Å². The van der Waals surface area contributed by atoms with Gasteiger partial charge in [0.15, 0.2) is 0 Å². The zero-order valence-electron chi connectivity index (χ0n) is 5.45. The van der Waals surface area contributed by atoms with Gasteiger partial charge >= 0.3 is 0 Å². The molecule has 0 unspecified atom stereocenters. The Morgan fingerprint density at radius 3 is 1.89 bits per heavy atom. The van der Waals surface area contributed by atoms with Gasteiger partial charge in [0.1, 0.15) is 6.34 Å². The van der Waals surface area contributed by atoms with Crippen molar-refractivity contribution in [1.82, 2.24) is 10.3 Å². The third-order valence-corrected chi connectivity index (χ3v) is 0.891. The summed E-state index contributed by atoms with van der Waals surface area (Å²) in [4.78, 5) is 1.68. The standard InChI is InChI=1S/C7H11N2/c1-3-5-9(7-8)6-4-2/h3-4,7H,1-2,5-6H2. The molecule has 0 saturated heterocycles. The maximum Gasteiger partial charge on any atom is 0.114 e. The van der Waals surface area contributed by atoms with Crippen LogP contribution in [0.2, 0.25) is 0 Å². The van der Waals surface area contributed by atoms with Gasteiger partial charge in [-0.1, -0.05) is 12.2 Å². The van der Waals surface area contributed by atoms with Crippen molar-refractivity contribution in [3.8, 4) is 0 Å². The van der Waals surface area contributed by atoms with Gasteiger partial charge in [0.25, 0.3) is 0 Å². The molecule has 9 heavy (non-hydrogen) atoms. The molecule has 0 bridgehead atoms. The molecule has 0 rings (SSSR count). The van der Waals surface area contributed by atoms with Crippen LogP contribution in [0.5, 0.6) is 0 Å². The summed E-state index contributed by atoms with van der Waals surface area (Å²) in [5.41, 5.74) is 0. The lowest BCUT2D eigenvalue weighted by atomic mass is 10.5. The van der Waals surface area contributed by atoms with Crippen LogP contribution in [0.4, 0.5) is 0 Å². The van der Waals surface area contributed by atoms with Crippen molar-refractivity contribution < 1.29 is 0 Å². The second kappa shape index (κ2) is 5.09. The second-order valence-electron chi connectivity index (χ2n) is 1.65. The van der Waals surface area contributed by atoms with Gasteiger partial charge in [-0.2, -0.15) is 0 Å². The van der Waals surface area contributed by atoms with Crippen molar-refractivity contribution in [2.24, 2.45) is 0 Å². The van der Waals surface area contributed by atoms with E-state index in [4.69, 9.17) is 5.41 Å². The molecule has 49 valence electrons. The first-order valence-electron chi connectivity index (χ1n) is 2.78. The summed E-state index contributed by atoms with van der Waals surface area (Å²) >= 11 is 0. The molecule has 0 aliphatic heterocycles. The average Bonchev–Trinajstić information content (AvgIpc) is 1.88. The largest absolute Gasteiger partial charge is 0.354 e. The van der Waals surface area contributed by atoms with E-state index < -0.39 is 0 Å². The Labute approximate surface area is 56.0 Å². The van der Waals surface area contributed by atoms with Gasteiger partial charge in [0, 0.05) is 13.1 Å². The smallest absolute Gasteiger partial charge is 0.114 e. The quantitative estimate of drug-likeness (QED) is 0.297. The predicted octanol–water partition coefficient (Wildman–Crippen LogP) is 0.489. The summed E-state index contributed by atoms with van der Waals surface area (Å²) in [7, 11) is 0. The molecule has 0 atom stereocenters. The zero-order valence-corrected chi connectivity index (χ0v) is 5.45. The minimum Gasteiger partial charge on any atom is -0.354 e. The van der Waals surface area contributed by atoms with Crippen LogP contribution in [0.25, 0.3) is 0 Å². The van der Waals surface area contributed by atoms with Crippen molar-refractivity contribution in [2.75, 3.05) is 13.1 Å². The Morgan fingerprint density at radius 1 is 1.22 bits per heavy atom. The molecule has 0 aromatic heterocycles. The van der Waals surface area contributed by atoms with Gasteiger partial charge in [-0.15, -0.1) is 18.6 Å². The highest BCUT2D eigenvalue weighted by Crippen LogP contribution is 1.81. The van der Waals surface area contributed by atoms with Crippen LogP contribution in [0.1, 0.15) is 0 Å². The molecule has 2 nitrogen and oxygen atoms in total. The summed E-state index contributed by atoms with van der Waals surface area (Å²) in [6, 6.07) is 0. The molecule has 0 aromatic carbocycles. The van der Waals surface area contributed by atoms with E-state index in [9.17, 15) is 0 Å². The van der Waals surface area contributed by atoms with Gasteiger partial charge in [0.2, 0.25) is 0 Å². The van der Waals surface area contributed by atoms with Crippen LogP contribution in [-0.4, -0.2) is 24.3 Å². The highest BCUT2D eigenvalue weighted by molar-refractivity contribution is 5.52. The molecular formula is C7H11N2. The van der Waals surface area contributed by atoms with E-state index in [1.807, 2.05) is 0 Å². The molecule has 0 N–H and O–H groups in total. The molecule has 0 aliphatic rings. The summed E-state index contributed by atoms with van der Waals surface area (Å²) in [5.74, 6) is 0. The topological polar surface area (TPSA) is 25.5 Å². The van der Waals surface area contributed by atoms with Crippen molar-refractivity contribution in [3.63, 3.8) is 0 Å². The van der Waals surface area contributed by atoms with Gasteiger partial charge in [-0.05, 0) is 0 Å². The summed E-state index contributed by atoms with van der Waals surface area (Å²) in [5, 5.41) is 8.49. The van der Waals surface area contributed by atoms with Crippen LogP contribution in [0.3, 0.4) is 0 Å². The fourth-order valence-corrected chi connectivity index (χ4v) is 0.500. The second-order valence-corrected chi connectivity index (χ2v) is 1.65. The third kappa shape index (κ3) is 3.53. The van der Waals surface area contributed by atoms with Crippen molar-refractivity contribution in [3.05, 3.63) is 25.3 Å². The molecular weight excluding hydrogens is 112 g/mol. The highest BCUT2D eigenvalue weighted by Gasteiger charge is 1.89. The minimum absolute atomic E-state index is 0.655. The Balaban J connectivity index is 3.51. The van der Waals surface area contributed by atoms with Crippen LogP contribution in [-0.2, 0) is 0 Å². The predicted molar refractivity (Wildman–Crippen MR) is 40.2 cm³/mol. The molecule has 0 spiro atoms. The Morgan fingerprint density at radius 2 is 1.67 bits per heavy atom. The lowest BCUT2D eigenvalue weighted by Gasteiger charge is -2.11. The van der Waals surface area contributed by atoms with Crippen LogP contribution >= 0.6 is 0 Å². The van der Waals surface area contributed by atoms with Gasteiger partial charge in [0.05, 0.1) is 0 Å². The maximum atomic E-state index is 8.49. The summed E-state index contributed by atoms with van der Waals surface area (Å²) in [6.45, 7) is 8.36. The Hall–Kier alpha value is -1.05. The lowest BCUT2D eigenvalue weighted by molar-refractivity contribution is 0.530. The van der Waals surface area contributed by atoms with Gasteiger partial charge < -0.3 is 4.90 Å². The number of nitrogens with zero attached hydrogens (tertiary/aromatic N) is 2. The summed E-state index contributed by atoms with van der Waals surface area (Å²) in [6.07, 6.45) is 4.47. The molecule has 2 heteroatoms. The van der Waals surface area contributed by atoms with Gasteiger partial charge in [-0.25, -0.2) is 0 Å². The number of hydrogen-bond donors (Lipinski definition) is 0. The van der Waals surface area contributed by atoms with Crippen molar-refractivity contribution >= 4 is 6.34 Å². The highest BCUT2D eigenvalue weighted by atomic mass is 15.1. The normalized spacial score (nSPS) is 8.00. The first-order chi connectivity index (χ1) is 4.35. The Bertz CT molecular complexity index is 97.5. The molecule has 0 amide bonds.